The first-order valence-electron chi connectivity index (χ1n) is 8.52. The summed E-state index contributed by atoms with van der Waals surface area (Å²) in [5.41, 5.74) is 1.50. The Bertz CT molecular complexity index is 898. The number of benzene rings is 1. The summed E-state index contributed by atoms with van der Waals surface area (Å²) in [5, 5.41) is 0.922. The second-order valence-corrected chi connectivity index (χ2v) is 6.45. The zero-order chi connectivity index (χ0) is 17.4. The van der Waals surface area contributed by atoms with Crippen LogP contribution < -0.4 is 4.74 Å². The highest BCUT2D eigenvalue weighted by Crippen LogP contribution is 2.33. The Hall–Kier alpha value is -2.76. The molecule has 1 atom stereocenters. The van der Waals surface area contributed by atoms with Crippen LogP contribution >= 0.6 is 0 Å². The molecular formula is C19H21N3O3. The summed E-state index contributed by atoms with van der Waals surface area (Å²) in [7, 11) is 1.61. The average Bonchev–Trinajstić information content (AvgIpc) is 3.30. The monoisotopic (exact) mass is 339 g/mol. The SMILES string of the molecule is COc1cccc2c(C)c(C(=O)N3CCCC(n4ccnc4)C3)oc12. The summed E-state index contributed by atoms with van der Waals surface area (Å²) in [6.45, 7) is 3.34. The number of likely N-dealkylation sites (tertiary alicyclic amines) is 1. The largest absolute Gasteiger partial charge is 0.493 e. The fourth-order valence-corrected chi connectivity index (χ4v) is 3.59. The van der Waals surface area contributed by atoms with E-state index < -0.39 is 0 Å². The number of nitrogens with zero attached hydrogens (tertiary/aromatic N) is 3. The van der Waals surface area contributed by atoms with Crippen molar-refractivity contribution in [3.63, 3.8) is 0 Å². The number of aryl methyl sites for hydroxylation is 1. The maximum Gasteiger partial charge on any atom is 0.289 e. The van der Waals surface area contributed by atoms with Crippen LogP contribution in [0, 0.1) is 6.92 Å². The molecule has 0 N–H and O–H groups in total. The molecule has 1 aromatic carbocycles. The van der Waals surface area contributed by atoms with Crippen molar-refractivity contribution < 1.29 is 13.9 Å². The summed E-state index contributed by atoms with van der Waals surface area (Å²) in [4.78, 5) is 19.1. The Kier molecular flexibility index (Phi) is 3.95. The molecule has 3 aromatic rings. The van der Waals surface area contributed by atoms with Crippen molar-refractivity contribution in [1.29, 1.82) is 0 Å². The number of imidazole rings is 1. The van der Waals surface area contributed by atoms with Crippen molar-refractivity contribution in [2.75, 3.05) is 20.2 Å². The molecule has 1 aliphatic rings. The van der Waals surface area contributed by atoms with Gasteiger partial charge in [0.25, 0.3) is 5.91 Å². The van der Waals surface area contributed by atoms with Gasteiger partial charge in [-0.05, 0) is 25.8 Å². The predicted octanol–water partition coefficient (Wildman–Crippen LogP) is 3.42. The topological polar surface area (TPSA) is 60.5 Å². The number of ether oxygens (including phenoxy) is 1. The fourth-order valence-electron chi connectivity index (χ4n) is 3.59. The molecule has 0 saturated carbocycles. The maximum absolute atomic E-state index is 13.1. The van der Waals surface area contributed by atoms with E-state index in [1.807, 2.05) is 42.5 Å². The lowest BCUT2D eigenvalue weighted by Crippen LogP contribution is -2.40. The van der Waals surface area contributed by atoms with Crippen LogP contribution in [-0.4, -0.2) is 40.6 Å². The van der Waals surface area contributed by atoms with Crippen LogP contribution in [-0.2, 0) is 0 Å². The van der Waals surface area contributed by atoms with Gasteiger partial charge in [0, 0.05) is 36.4 Å². The number of carbonyl (C=O) groups excluding carboxylic acids is 1. The van der Waals surface area contributed by atoms with Crippen LogP contribution in [0.1, 0.15) is 35.0 Å². The molecule has 0 radical (unpaired) electrons. The molecule has 6 heteroatoms. The third-order valence-corrected chi connectivity index (χ3v) is 4.97. The molecular weight excluding hydrogens is 318 g/mol. The van der Waals surface area contributed by atoms with Gasteiger partial charge in [-0.25, -0.2) is 4.98 Å². The first-order chi connectivity index (χ1) is 12.2. The third kappa shape index (κ3) is 2.67. The van der Waals surface area contributed by atoms with Crippen LogP contribution in [0.15, 0.2) is 41.3 Å². The van der Waals surface area contributed by atoms with Gasteiger partial charge < -0.3 is 18.6 Å². The molecule has 130 valence electrons. The van der Waals surface area contributed by atoms with Gasteiger partial charge in [0.05, 0.1) is 19.5 Å². The van der Waals surface area contributed by atoms with Gasteiger partial charge in [-0.1, -0.05) is 12.1 Å². The van der Waals surface area contributed by atoms with Gasteiger partial charge in [-0.3, -0.25) is 4.79 Å². The number of methoxy groups -OCH3 is 1. The van der Waals surface area contributed by atoms with Gasteiger partial charge in [0.2, 0.25) is 0 Å². The van der Waals surface area contributed by atoms with E-state index in [0.29, 0.717) is 23.6 Å². The summed E-state index contributed by atoms with van der Waals surface area (Å²) in [6, 6.07) is 5.97. The van der Waals surface area contributed by atoms with Gasteiger partial charge in [-0.15, -0.1) is 0 Å². The van der Waals surface area contributed by atoms with E-state index in [2.05, 4.69) is 9.55 Å². The number of rotatable bonds is 3. The minimum Gasteiger partial charge on any atom is -0.493 e. The highest BCUT2D eigenvalue weighted by molar-refractivity contribution is 6.00. The standard InChI is InChI=1S/C19H21N3O3/c1-13-15-6-3-7-16(24-2)18(15)25-17(13)19(23)21-9-4-5-14(11-21)22-10-8-20-12-22/h3,6-8,10,12,14H,4-5,9,11H2,1-2H3. The zero-order valence-electron chi connectivity index (χ0n) is 14.4. The summed E-state index contributed by atoms with van der Waals surface area (Å²) in [5.74, 6) is 1.00. The second kappa shape index (κ2) is 6.27. The summed E-state index contributed by atoms with van der Waals surface area (Å²) in [6.07, 6.45) is 7.56. The van der Waals surface area contributed by atoms with E-state index in [4.69, 9.17) is 9.15 Å². The maximum atomic E-state index is 13.1. The number of carbonyl (C=O) groups is 1. The molecule has 2 aromatic heterocycles. The van der Waals surface area contributed by atoms with Gasteiger partial charge >= 0.3 is 0 Å². The molecule has 6 nitrogen and oxygen atoms in total. The smallest absolute Gasteiger partial charge is 0.289 e. The molecule has 1 amide bonds. The lowest BCUT2D eigenvalue weighted by Gasteiger charge is -2.33. The van der Waals surface area contributed by atoms with Gasteiger partial charge in [-0.2, -0.15) is 0 Å². The molecule has 0 spiro atoms. The average molecular weight is 339 g/mol. The first kappa shape index (κ1) is 15.7. The van der Waals surface area contributed by atoms with Crippen LogP contribution in [0.25, 0.3) is 11.0 Å². The van der Waals surface area contributed by atoms with Crippen LogP contribution in [0.2, 0.25) is 0 Å². The number of hydrogen-bond donors (Lipinski definition) is 0. The number of aromatic nitrogens is 2. The Labute approximate surface area is 146 Å². The van der Waals surface area contributed by atoms with E-state index in [9.17, 15) is 4.79 Å². The number of fused-ring (bicyclic) bond motifs is 1. The third-order valence-electron chi connectivity index (χ3n) is 4.97. The quantitative estimate of drug-likeness (QED) is 0.733. The second-order valence-electron chi connectivity index (χ2n) is 6.45. The molecule has 1 unspecified atom stereocenters. The normalized spacial score (nSPS) is 17.8. The van der Waals surface area contributed by atoms with Crippen molar-refractivity contribution in [3.8, 4) is 5.75 Å². The molecule has 25 heavy (non-hydrogen) atoms. The molecule has 4 rings (SSSR count). The zero-order valence-corrected chi connectivity index (χ0v) is 14.4. The number of hydrogen-bond acceptors (Lipinski definition) is 4. The van der Waals surface area contributed by atoms with Crippen molar-refractivity contribution in [2.24, 2.45) is 0 Å². The van der Waals surface area contributed by atoms with Crippen molar-refractivity contribution in [2.45, 2.75) is 25.8 Å². The Morgan fingerprint density at radius 1 is 1.40 bits per heavy atom. The van der Waals surface area contributed by atoms with Crippen molar-refractivity contribution in [3.05, 3.63) is 48.2 Å². The Morgan fingerprint density at radius 3 is 3.04 bits per heavy atom. The van der Waals surface area contributed by atoms with Gasteiger partial charge in [0.1, 0.15) is 0 Å². The molecule has 3 heterocycles. The fraction of sp³-hybridized carbons (Fsp3) is 0.368. The van der Waals surface area contributed by atoms with E-state index in [1.165, 1.54) is 0 Å². The van der Waals surface area contributed by atoms with Gasteiger partial charge in [0.15, 0.2) is 17.1 Å². The number of piperidine rings is 1. The lowest BCUT2D eigenvalue weighted by atomic mass is 10.0. The van der Waals surface area contributed by atoms with E-state index in [0.717, 1.165) is 30.3 Å². The molecule has 1 saturated heterocycles. The lowest BCUT2D eigenvalue weighted by molar-refractivity contribution is 0.0648. The Morgan fingerprint density at radius 2 is 2.28 bits per heavy atom. The van der Waals surface area contributed by atoms with Crippen LogP contribution in [0.3, 0.4) is 0 Å². The molecule has 1 aliphatic heterocycles. The molecule has 0 bridgehead atoms. The van der Waals surface area contributed by atoms with E-state index >= 15 is 0 Å². The molecule has 1 fully saturated rings. The Balaban J connectivity index is 1.64. The van der Waals surface area contributed by atoms with Crippen LogP contribution in [0.4, 0.5) is 0 Å². The predicted molar refractivity (Wildman–Crippen MR) is 93.9 cm³/mol. The number of para-hydroxylation sites is 1. The van der Waals surface area contributed by atoms with E-state index in [-0.39, 0.29) is 11.9 Å². The minimum atomic E-state index is -0.0550. The van der Waals surface area contributed by atoms with Crippen molar-refractivity contribution in [1.82, 2.24) is 14.5 Å². The summed E-state index contributed by atoms with van der Waals surface area (Å²) >= 11 is 0. The van der Waals surface area contributed by atoms with E-state index in [1.54, 1.807) is 13.3 Å². The minimum absolute atomic E-state index is 0.0550. The highest BCUT2D eigenvalue weighted by atomic mass is 16.5. The molecule has 0 aliphatic carbocycles. The van der Waals surface area contributed by atoms with Crippen molar-refractivity contribution >= 4 is 16.9 Å². The number of furan rings is 1. The number of amides is 1. The highest BCUT2D eigenvalue weighted by Gasteiger charge is 2.29. The summed E-state index contributed by atoms with van der Waals surface area (Å²) < 4.78 is 13.4. The van der Waals surface area contributed by atoms with Crippen LogP contribution in [0.5, 0.6) is 5.75 Å². The first-order valence-corrected chi connectivity index (χ1v) is 8.52.